The highest BCUT2D eigenvalue weighted by Crippen LogP contribution is 2.17. The summed E-state index contributed by atoms with van der Waals surface area (Å²) < 4.78 is 0. The van der Waals surface area contributed by atoms with Crippen LogP contribution >= 0.6 is 11.8 Å². The van der Waals surface area contributed by atoms with E-state index in [9.17, 15) is 14.4 Å². The van der Waals surface area contributed by atoms with E-state index in [2.05, 4.69) is 10.6 Å². The number of benzene rings is 1. The van der Waals surface area contributed by atoms with Crippen molar-refractivity contribution in [1.29, 1.82) is 0 Å². The molecule has 0 saturated carbocycles. The zero-order valence-electron chi connectivity index (χ0n) is 11.9. The average Bonchev–Trinajstić information content (AvgIpc) is 2.37. The predicted octanol–water partition coefficient (Wildman–Crippen LogP) is 1.64. The van der Waals surface area contributed by atoms with Crippen LogP contribution in [0, 0.1) is 0 Å². The Morgan fingerprint density at radius 2 is 2.00 bits per heavy atom. The van der Waals surface area contributed by atoms with Crippen molar-refractivity contribution in [3.05, 3.63) is 29.8 Å². The van der Waals surface area contributed by atoms with Crippen molar-refractivity contribution in [2.75, 3.05) is 16.8 Å². The standard InChI is InChI=1S/C14H18N2O4S/c1-9(15-13(18)7-21-8-14(19)20)11-4-3-5-12(6-11)16-10(2)17/h3-6,9H,7-8H2,1-2H3,(H,15,18)(H,16,17)(H,19,20). The van der Waals surface area contributed by atoms with E-state index < -0.39 is 5.97 Å². The number of amides is 2. The third-order valence-corrected chi connectivity index (χ3v) is 3.46. The van der Waals surface area contributed by atoms with E-state index in [4.69, 9.17) is 5.11 Å². The smallest absolute Gasteiger partial charge is 0.313 e. The number of thioether (sulfide) groups is 1. The topological polar surface area (TPSA) is 95.5 Å². The van der Waals surface area contributed by atoms with Crippen molar-refractivity contribution >= 4 is 35.2 Å². The van der Waals surface area contributed by atoms with Gasteiger partial charge >= 0.3 is 5.97 Å². The largest absolute Gasteiger partial charge is 0.481 e. The van der Waals surface area contributed by atoms with Gasteiger partial charge in [0.05, 0.1) is 17.5 Å². The first kappa shape index (κ1) is 17.0. The van der Waals surface area contributed by atoms with Crippen LogP contribution in [0.4, 0.5) is 5.69 Å². The second kappa shape index (κ2) is 8.31. The maximum atomic E-state index is 11.7. The predicted molar refractivity (Wildman–Crippen MR) is 82.3 cm³/mol. The molecular weight excluding hydrogens is 292 g/mol. The van der Waals surface area contributed by atoms with Crippen LogP contribution in [-0.2, 0) is 14.4 Å². The summed E-state index contributed by atoms with van der Waals surface area (Å²) in [5.74, 6) is -1.32. The number of carboxylic acids is 1. The maximum absolute atomic E-state index is 11.7. The third-order valence-electron chi connectivity index (χ3n) is 2.54. The van der Waals surface area contributed by atoms with Crippen LogP contribution in [0.25, 0.3) is 0 Å². The van der Waals surface area contributed by atoms with Gasteiger partial charge in [-0.05, 0) is 24.6 Å². The van der Waals surface area contributed by atoms with E-state index in [-0.39, 0.29) is 29.4 Å². The SMILES string of the molecule is CC(=O)Nc1cccc(C(C)NC(=O)CSCC(=O)O)c1. The lowest BCUT2D eigenvalue weighted by atomic mass is 10.1. The minimum absolute atomic E-state index is 0.0974. The van der Waals surface area contributed by atoms with Gasteiger partial charge in [0.15, 0.2) is 0 Å². The summed E-state index contributed by atoms with van der Waals surface area (Å²) in [7, 11) is 0. The lowest BCUT2D eigenvalue weighted by Gasteiger charge is -2.15. The third kappa shape index (κ3) is 6.80. The Kier molecular flexibility index (Phi) is 6.74. The van der Waals surface area contributed by atoms with Crippen LogP contribution < -0.4 is 10.6 Å². The number of carboxylic acid groups (broad SMARTS) is 1. The first-order valence-corrected chi connectivity index (χ1v) is 7.50. The van der Waals surface area contributed by atoms with Gasteiger partial charge in [0.1, 0.15) is 0 Å². The van der Waals surface area contributed by atoms with Gasteiger partial charge in [0.2, 0.25) is 11.8 Å². The summed E-state index contributed by atoms with van der Waals surface area (Å²) in [4.78, 5) is 33.1. The minimum atomic E-state index is -0.941. The molecule has 114 valence electrons. The van der Waals surface area contributed by atoms with Crippen LogP contribution in [-0.4, -0.2) is 34.4 Å². The zero-order chi connectivity index (χ0) is 15.8. The van der Waals surface area contributed by atoms with Gasteiger partial charge < -0.3 is 15.7 Å². The van der Waals surface area contributed by atoms with Crippen LogP contribution in [0.5, 0.6) is 0 Å². The molecule has 0 fully saturated rings. The van der Waals surface area contributed by atoms with Gasteiger partial charge in [-0.15, -0.1) is 11.8 Å². The summed E-state index contributed by atoms with van der Waals surface area (Å²) in [6.45, 7) is 3.25. The van der Waals surface area contributed by atoms with E-state index in [1.54, 1.807) is 18.2 Å². The first-order valence-electron chi connectivity index (χ1n) is 6.35. The molecule has 1 unspecified atom stereocenters. The molecule has 0 aliphatic heterocycles. The molecule has 1 rings (SSSR count). The Morgan fingerprint density at radius 1 is 1.29 bits per heavy atom. The molecule has 1 aromatic carbocycles. The number of anilines is 1. The summed E-state index contributed by atoms with van der Waals surface area (Å²) in [6.07, 6.45) is 0. The number of nitrogens with one attached hydrogen (secondary N) is 2. The molecule has 6 nitrogen and oxygen atoms in total. The van der Waals surface area contributed by atoms with Crippen molar-refractivity contribution < 1.29 is 19.5 Å². The van der Waals surface area contributed by atoms with E-state index >= 15 is 0 Å². The molecule has 0 aliphatic carbocycles. The van der Waals surface area contributed by atoms with Crippen LogP contribution in [0.1, 0.15) is 25.5 Å². The van der Waals surface area contributed by atoms with Crippen molar-refractivity contribution in [2.45, 2.75) is 19.9 Å². The van der Waals surface area contributed by atoms with Crippen molar-refractivity contribution in [3.8, 4) is 0 Å². The fourth-order valence-corrected chi connectivity index (χ4v) is 2.23. The Morgan fingerprint density at radius 3 is 2.62 bits per heavy atom. The quantitative estimate of drug-likeness (QED) is 0.711. The second-order valence-corrected chi connectivity index (χ2v) is 5.47. The first-order chi connectivity index (χ1) is 9.88. The monoisotopic (exact) mass is 310 g/mol. The lowest BCUT2D eigenvalue weighted by molar-refractivity contribution is -0.133. The van der Waals surface area contributed by atoms with Gasteiger partial charge in [-0.1, -0.05) is 12.1 Å². The van der Waals surface area contributed by atoms with Crippen LogP contribution in [0.3, 0.4) is 0 Å². The van der Waals surface area contributed by atoms with Gasteiger partial charge in [0, 0.05) is 12.6 Å². The number of aliphatic carboxylic acids is 1. The summed E-state index contributed by atoms with van der Waals surface area (Å²) >= 11 is 1.05. The van der Waals surface area contributed by atoms with Crippen LogP contribution in [0.15, 0.2) is 24.3 Å². The fraction of sp³-hybridized carbons (Fsp3) is 0.357. The highest BCUT2D eigenvalue weighted by atomic mass is 32.2. The molecular formula is C14H18N2O4S. The molecule has 21 heavy (non-hydrogen) atoms. The lowest BCUT2D eigenvalue weighted by Crippen LogP contribution is -2.28. The molecule has 1 atom stereocenters. The van der Waals surface area contributed by atoms with Crippen molar-refractivity contribution in [2.24, 2.45) is 0 Å². The Balaban J connectivity index is 2.54. The van der Waals surface area contributed by atoms with E-state index in [1.807, 2.05) is 13.0 Å². The maximum Gasteiger partial charge on any atom is 0.313 e. The second-order valence-electron chi connectivity index (χ2n) is 4.48. The van der Waals surface area contributed by atoms with Gasteiger partial charge in [0.25, 0.3) is 0 Å². The number of carbonyl (C=O) groups excluding carboxylic acids is 2. The molecule has 0 radical (unpaired) electrons. The van der Waals surface area contributed by atoms with Gasteiger partial charge in [-0.2, -0.15) is 0 Å². The Hall–Kier alpha value is -2.02. The Bertz CT molecular complexity index is 533. The van der Waals surface area contributed by atoms with Gasteiger partial charge in [-0.3, -0.25) is 14.4 Å². The van der Waals surface area contributed by atoms with E-state index in [0.717, 1.165) is 17.3 Å². The molecule has 0 aliphatic rings. The molecule has 0 spiro atoms. The Labute approximate surface area is 127 Å². The normalized spacial score (nSPS) is 11.5. The number of hydrogen-bond acceptors (Lipinski definition) is 4. The van der Waals surface area contributed by atoms with Crippen molar-refractivity contribution in [1.82, 2.24) is 5.32 Å². The minimum Gasteiger partial charge on any atom is -0.481 e. The molecule has 0 aromatic heterocycles. The molecule has 2 amide bonds. The van der Waals surface area contributed by atoms with E-state index in [0.29, 0.717) is 5.69 Å². The molecule has 0 heterocycles. The highest BCUT2D eigenvalue weighted by Gasteiger charge is 2.11. The molecule has 3 N–H and O–H groups in total. The fourth-order valence-electron chi connectivity index (χ4n) is 1.69. The molecule has 0 saturated heterocycles. The summed E-state index contributed by atoms with van der Waals surface area (Å²) in [6, 6.07) is 6.97. The van der Waals surface area contributed by atoms with Crippen LogP contribution in [0.2, 0.25) is 0 Å². The van der Waals surface area contributed by atoms with Gasteiger partial charge in [-0.25, -0.2) is 0 Å². The average molecular weight is 310 g/mol. The molecule has 0 bridgehead atoms. The number of rotatable bonds is 7. The summed E-state index contributed by atoms with van der Waals surface area (Å²) in [5.41, 5.74) is 1.53. The van der Waals surface area contributed by atoms with Crippen molar-refractivity contribution in [3.63, 3.8) is 0 Å². The number of hydrogen-bond donors (Lipinski definition) is 3. The van der Waals surface area contributed by atoms with E-state index in [1.165, 1.54) is 6.92 Å². The molecule has 1 aromatic rings. The molecule has 7 heteroatoms. The zero-order valence-corrected chi connectivity index (χ0v) is 12.7. The highest BCUT2D eigenvalue weighted by molar-refractivity contribution is 8.00. The number of carbonyl (C=O) groups is 3. The summed E-state index contributed by atoms with van der Waals surface area (Å²) in [5, 5.41) is 14.0.